The van der Waals surface area contributed by atoms with Crippen molar-refractivity contribution in [2.45, 2.75) is 19.4 Å². The average Bonchev–Trinajstić information content (AvgIpc) is 3.10. The van der Waals surface area contributed by atoms with Crippen LogP contribution in [0.4, 0.5) is 10.5 Å². The second kappa shape index (κ2) is 12.3. The summed E-state index contributed by atoms with van der Waals surface area (Å²) >= 11 is 5.99. The zero-order valence-electron chi connectivity index (χ0n) is 19.5. The zero-order valence-corrected chi connectivity index (χ0v) is 20.2. The molecule has 2 aromatic carbocycles. The summed E-state index contributed by atoms with van der Waals surface area (Å²) in [4.78, 5) is 22.0. The van der Waals surface area contributed by atoms with Gasteiger partial charge >= 0.3 is 6.03 Å². The lowest BCUT2D eigenvalue weighted by Gasteiger charge is -2.36. The predicted molar refractivity (Wildman–Crippen MR) is 136 cm³/mol. The molecule has 0 atom stereocenters. The molecule has 2 amide bonds. The Labute approximate surface area is 203 Å². The highest BCUT2D eigenvalue weighted by molar-refractivity contribution is 6.30. The summed E-state index contributed by atoms with van der Waals surface area (Å²) in [6, 6.07) is 18.8. The van der Waals surface area contributed by atoms with E-state index in [2.05, 4.69) is 62.5 Å². The first-order valence-electron chi connectivity index (χ1n) is 12.2. The number of urea groups is 1. The first kappa shape index (κ1) is 23.9. The van der Waals surface area contributed by atoms with E-state index in [0.29, 0.717) is 0 Å². The minimum absolute atomic E-state index is 0.0808. The third-order valence-electron chi connectivity index (χ3n) is 6.62. The minimum Gasteiger partial charge on any atom is -0.369 e. The molecule has 0 spiro atoms. The molecule has 0 saturated carbocycles. The van der Waals surface area contributed by atoms with E-state index in [9.17, 15) is 4.79 Å². The molecular formula is C26H36ClN5O. The fourth-order valence-corrected chi connectivity index (χ4v) is 4.78. The van der Waals surface area contributed by atoms with Crippen molar-refractivity contribution in [3.8, 4) is 0 Å². The minimum atomic E-state index is 0.0808. The molecule has 2 saturated heterocycles. The number of carbonyl (C=O) groups is 1. The lowest BCUT2D eigenvalue weighted by atomic mass is 10.2. The molecule has 0 unspecified atom stereocenters. The Kier molecular flexibility index (Phi) is 8.86. The standard InChI is InChI=1S/C26H36ClN5O/c27-24-10-8-23(9-11-24)22-30-14-5-15-32(21-18-30)26(33)28-12-4-13-29-16-19-31(20-17-29)25-6-2-1-3-7-25/h1-3,6-11H,4-5,12-22H2,(H,28,33). The molecule has 0 bridgehead atoms. The molecule has 2 aliphatic heterocycles. The van der Waals surface area contributed by atoms with Gasteiger partial charge in [-0.05, 0) is 49.2 Å². The van der Waals surface area contributed by atoms with E-state index in [4.69, 9.17) is 11.6 Å². The maximum Gasteiger partial charge on any atom is 0.317 e. The van der Waals surface area contributed by atoms with Crippen molar-refractivity contribution >= 4 is 23.3 Å². The van der Waals surface area contributed by atoms with E-state index in [0.717, 1.165) is 89.9 Å². The Morgan fingerprint density at radius 2 is 1.55 bits per heavy atom. The Morgan fingerprint density at radius 3 is 2.30 bits per heavy atom. The zero-order chi connectivity index (χ0) is 22.9. The number of rotatable bonds is 7. The van der Waals surface area contributed by atoms with Crippen LogP contribution < -0.4 is 10.2 Å². The van der Waals surface area contributed by atoms with E-state index in [1.54, 1.807) is 0 Å². The van der Waals surface area contributed by atoms with E-state index in [1.807, 2.05) is 17.0 Å². The SMILES string of the molecule is O=C(NCCCN1CCN(c2ccccc2)CC1)N1CCCN(Cc2ccc(Cl)cc2)CC1. The number of hydrogen-bond acceptors (Lipinski definition) is 4. The largest absolute Gasteiger partial charge is 0.369 e. The maximum atomic E-state index is 12.7. The Morgan fingerprint density at radius 1 is 0.818 bits per heavy atom. The summed E-state index contributed by atoms with van der Waals surface area (Å²) < 4.78 is 0. The fourth-order valence-electron chi connectivity index (χ4n) is 4.66. The van der Waals surface area contributed by atoms with E-state index in [-0.39, 0.29) is 6.03 Å². The van der Waals surface area contributed by atoms with Gasteiger partial charge in [-0.15, -0.1) is 0 Å². The highest BCUT2D eigenvalue weighted by atomic mass is 35.5. The van der Waals surface area contributed by atoms with Crippen molar-refractivity contribution in [3.63, 3.8) is 0 Å². The van der Waals surface area contributed by atoms with Crippen LogP contribution in [0.25, 0.3) is 0 Å². The summed E-state index contributed by atoms with van der Waals surface area (Å²) in [5.74, 6) is 0. The van der Waals surface area contributed by atoms with Gasteiger partial charge in [0.1, 0.15) is 0 Å². The van der Waals surface area contributed by atoms with Crippen LogP contribution >= 0.6 is 11.6 Å². The molecule has 1 N–H and O–H groups in total. The van der Waals surface area contributed by atoms with Crippen LogP contribution in [0.2, 0.25) is 5.02 Å². The van der Waals surface area contributed by atoms with Crippen LogP contribution in [0.1, 0.15) is 18.4 Å². The van der Waals surface area contributed by atoms with Crippen LogP contribution in [-0.4, -0.2) is 86.2 Å². The van der Waals surface area contributed by atoms with Crippen molar-refractivity contribution in [1.82, 2.24) is 20.0 Å². The van der Waals surface area contributed by atoms with E-state index >= 15 is 0 Å². The van der Waals surface area contributed by atoms with Gasteiger partial charge in [0.25, 0.3) is 0 Å². The summed E-state index contributed by atoms with van der Waals surface area (Å²) in [6.45, 7) is 10.5. The molecule has 0 aromatic heterocycles. The second-order valence-corrected chi connectivity index (χ2v) is 9.43. The van der Waals surface area contributed by atoms with Crippen LogP contribution in [-0.2, 0) is 6.54 Å². The Bertz CT molecular complexity index is 855. The average molecular weight is 470 g/mol. The first-order chi connectivity index (χ1) is 16.2. The molecule has 178 valence electrons. The molecule has 0 aliphatic carbocycles. The van der Waals surface area contributed by atoms with Gasteiger partial charge < -0.3 is 15.1 Å². The molecule has 2 aromatic rings. The van der Waals surface area contributed by atoms with Crippen molar-refractivity contribution < 1.29 is 4.79 Å². The van der Waals surface area contributed by atoms with Gasteiger partial charge in [-0.2, -0.15) is 0 Å². The van der Waals surface area contributed by atoms with E-state index in [1.165, 1.54) is 11.3 Å². The summed E-state index contributed by atoms with van der Waals surface area (Å²) in [6.07, 6.45) is 2.00. The number of anilines is 1. The van der Waals surface area contributed by atoms with Crippen molar-refractivity contribution in [3.05, 3.63) is 65.2 Å². The van der Waals surface area contributed by atoms with Crippen molar-refractivity contribution in [2.24, 2.45) is 0 Å². The van der Waals surface area contributed by atoms with Gasteiger partial charge in [0.2, 0.25) is 0 Å². The fraction of sp³-hybridized carbons (Fsp3) is 0.500. The van der Waals surface area contributed by atoms with Crippen LogP contribution in [0.3, 0.4) is 0 Å². The van der Waals surface area contributed by atoms with Gasteiger partial charge in [0, 0.05) is 76.2 Å². The number of amides is 2. The van der Waals surface area contributed by atoms with Gasteiger partial charge in [-0.1, -0.05) is 41.9 Å². The monoisotopic (exact) mass is 469 g/mol. The summed E-state index contributed by atoms with van der Waals surface area (Å²) in [5, 5.41) is 3.91. The lowest BCUT2D eigenvalue weighted by molar-refractivity contribution is 0.196. The molecule has 6 nitrogen and oxygen atoms in total. The number of hydrogen-bond donors (Lipinski definition) is 1. The quantitative estimate of drug-likeness (QED) is 0.627. The highest BCUT2D eigenvalue weighted by Gasteiger charge is 2.20. The number of benzene rings is 2. The van der Waals surface area contributed by atoms with Gasteiger partial charge in [0.15, 0.2) is 0 Å². The molecule has 2 heterocycles. The topological polar surface area (TPSA) is 42.1 Å². The van der Waals surface area contributed by atoms with E-state index < -0.39 is 0 Å². The van der Waals surface area contributed by atoms with Crippen molar-refractivity contribution in [2.75, 3.05) is 70.3 Å². The number of piperazine rings is 1. The second-order valence-electron chi connectivity index (χ2n) is 8.99. The molecule has 2 fully saturated rings. The highest BCUT2D eigenvalue weighted by Crippen LogP contribution is 2.16. The third-order valence-corrected chi connectivity index (χ3v) is 6.87. The molecule has 33 heavy (non-hydrogen) atoms. The molecular weight excluding hydrogens is 434 g/mol. The summed E-state index contributed by atoms with van der Waals surface area (Å²) in [7, 11) is 0. The van der Waals surface area contributed by atoms with Crippen LogP contribution in [0.5, 0.6) is 0 Å². The van der Waals surface area contributed by atoms with Gasteiger partial charge in [-0.25, -0.2) is 4.79 Å². The van der Waals surface area contributed by atoms with Gasteiger partial charge in [-0.3, -0.25) is 9.80 Å². The predicted octanol–water partition coefficient (Wildman–Crippen LogP) is 3.77. The third kappa shape index (κ3) is 7.36. The molecule has 0 radical (unpaired) electrons. The number of nitrogens with one attached hydrogen (secondary N) is 1. The normalized spacial score (nSPS) is 18.2. The van der Waals surface area contributed by atoms with Crippen molar-refractivity contribution in [1.29, 1.82) is 0 Å². The molecule has 7 heteroatoms. The number of para-hydroxylation sites is 1. The number of nitrogens with zero attached hydrogens (tertiary/aromatic N) is 4. The van der Waals surface area contributed by atoms with Gasteiger partial charge in [0.05, 0.1) is 0 Å². The lowest BCUT2D eigenvalue weighted by Crippen LogP contribution is -2.47. The summed E-state index contributed by atoms with van der Waals surface area (Å²) in [5.41, 5.74) is 2.58. The Hall–Kier alpha value is -2.28. The molecule has 4 rings (SSSR count). The number of carbonyl (C=O) groups excluding carboxylic acids is 1. The first-order valence-corrected chi connectivity index (χ1v) is 12.6. The smallest absolute Gasteiger partial charge is 0.317 e. The Balaban J connectivity index is 1.10. The molecule has 2 aliphatic rings. The van der Waals surface area contributed by atoms with Crippen LogP contribution in [0.15, 0.2) is 54.6 Å². The van der Waals surface area contributed by atoms with Crippen LogP contribution in [0, 0.1) is 0 Å². The maximum absolute atomic E-state index is 12.7. The number of halogens is 1.